The zero-order valence-electron chi connectivity index (χ0n) is 19.6. The maximum atomic E-state index is 13.3. The molecule has 0 aromatic heterocycles. The van der Waals surface area contributed by atoms with Gasteiger partial charge in [0.2, 0.25) is 0 Å². The van der Waals surface area contributed by atoms with Crippen molar-refractivity contribution in [2.24, 2.45) is 5.92 Å². The Morgan fingerprint density at radius 1 is 0.882 bits per heavy atom. The Labute approximate surface area is 198 Å². The Bertz CT molecular complexity index is 1120. The van der Waals surface area contributed by atoms with Crippen LogP contribution in [0.3, 0.4) is 0 Å². The van der Waals surface area contributed by atoms with Gasteiger partial charge in [0, 0.05) is 18.6 Å². The second-order valence-electron chi connectivity index (χ2n) is 8.11. The van der Waals surface area contributed by atoms with Crippen LogP contribution in [0.25, 0.3) is 5.57 Å². The van der Waals surface area contributed by atoms with Crippen molar-refractivity contribution in [1.82, 2.24) is 4.90 Å². The van der Waals surface area contributed by atoms with E-state index in [0.29, 0.717) is 29.9 Å². The Balaban J connectivity index is 1.86. The van der Waals surface area contributed by atoms with E-state index < -0.39 is 29.7 Å². The Morgan fingerprint density at radius 2 is 1.53 bits per heavy atom. The van der Waals surface area contributed by atoms with Crippen LogP contribution in [-0.2, 0) is 14.3 Å². The lowest BCUT2D eigenvalue weighted by molar-refractivity contribution is -0.146. The summed E-state index contributed by atoms with van der Waals surface area (Å²) in [5, 5.41) is 0. The average molecular weight is 466 g/mol. The highest BCUT2D eigenvalue weighted by Gasteiger charge is 2.48. The van der Waals surface area contributed by atoms with Gasteiger partial charge < -0.3 is 18.9 Å². The van der Waals surface area contributed by atoms with E-state index in [1.54, 1.807) is 44.6 Å². The molecule has 0 saturated heterocycles. The summed E-state index contributed by atoms with van der Waals surface area (Å²) < 4.78 is 21.8. The van der Waals surface area contributed by atoms with Crippen molar-refractivity contribution < 1.29 is 33.3 Å². The first-order valence-corrected chi connectivity index (χ1v) is 11.0. The number of esters is 1. The number of ether oxygens (including phenoxy) is 4. The molecule has 2 unspecified atom stereocenters. The monoisotopic (exact) mass is 465 g/mol. The van der Waals surface area contributed by atoms with Gasteiger partial charge in [0.15, 0.2) is 11.5 Å². The van der Waals surface area contributed by atoms with E-state index in [-0.39, 0.29) is 17.2 Å². The number of carbonyl (C=O) groups is 3. The molecule has 0 saturated carbocycles. The van der Waals surface area contributed by atoms with Gasteiger partial charge in [-0.05, 0) is 36.6 Å². The van der Waals surface area contributed by atoms with Crippen LogP contribution in [0.15, 0.2) is 48.5 Å². The first-order valence-electron chi connectivity index (χ1n) is 11.0. The van der Waals surface area contributed by atoms with E-state index in [2.05, 4.69) is 0 Å². The fourth-order valence-electron chi connectivity index (χ4n) is 4.86. The summed E-state index contributed by atoms with van der Waals surface area (Å²) in [4.78, 5) is 40.8. The molecule has 0 fully saturated rings. The lowest BCUT2D eigenvalue weighted by atomic mass is 9.77. The van der Waals surface area contributed by atoms with Crippen molar-refractivity contribution in [2.75, 3.05) is 28.4 Å². The van der Waals surface area contributed by atoms with Crippen molar-refractivity contribution in [3.63, 3.8) is 0 Å². The number of nitrogens with zero attached hydrogens (tertiary/aromatic N) is 1. The highest BCUT2D eigenvalue weighted by molar-refractivity contribution is 6.22. The van der Waals surface area contributed by atoms with E-state index in [1.165, 1.54) is 14.2 Å². The molecule has 8 nitrogen and oxygen atoms in total. The molecule has 178 valence electrons. The van der Waals surface area contributed by atoms with Crippen molar-refractivity contribution in [3.05, 3.63) is 65.2 Å². The quantitative estimate of drug-likeness (QED) is 0.457. The average Bonchev–Trinajstić information content (AvgIpc) is 3.13. The third-order valence-electron chi connectivity index (χ3n) is 6.47. The predicted octanol–water partition coefficient (Wildman–Crippen LogP) is 3.35. The van der Waals surface area contributed by atoms with Crippen molar-refractivity contribution in [2.45, 2.75) is 25.0 Å². The highest BCUT2D eigenvalue weighted by Crippen LogP contribution is 2.45. The van der Waals surface area contributed by atoms with Crippen LogP contribution in [0.1, 0.15) is 39.1 Å². The number of amides is 2. The lowest BCUT2D eigenvalue weighted by Crippen LogP contribution is -2.50. The predicted molar refractivity (Wildman–Crippen MR) is 124 cm³/mol. The molecular formula is C26H27NO7. The summed E-state index contributed by atoms with van der Waals surface area (Å²) in [6.07, 6.45) is 2.80. The molecule has 1 aliphatic carbocycles. The van der Waals surface area contributed by atoms with Gasteiger partial charge in [-0.3, -0.25) is 14.5 Å². The molecule has 2 aromatic carbocycles. The second kappa shape index (κ2) is 9.69. The Morgan fingerprint density at radius 3 is 2.09 bits per heavy atom. The van der Waals surface area contributed by atoms with Crippen LogP contribution in [-0.4, -0.2) is 63.3 Å². The minimum absolute atomic E-state index is 0.206. The molecule has 0 N–H and O–H groups in total. The van der Waals surface area contributed by atoms with Crippen LogP contribution in [0.4, 0.5) is 0 Å². The normalized spacial score (nSPS) is 20.5. The molecule has 0 radical (unpaired) electrons. The largest absolute Gasteiger partial charge is 0.493 e. The molecule has 0 bridgehead atoms. The van der Waals surface area contributed by atoms with Crippen molar-refractivity contribution in [3.8, 4) is 11.5 Å². The summed E-state index contributed by atoms with van der Waals surface area (Å²) >= 11 is 0. The summed E-state index contributed by atoms with van der Waals surface area (Å²) in [6.45, 7) is 0. The fraction of sp³-hybridized carbons (Fsp3) is 0.346. The van der Waals surface area contributed by atoms with Gasteiger partial charge in [0.05, 0.1) is 38.6 Å². The molecule has 34 heavy (non-hydrogen) atoms. The fourth-order valence-corrected chi connectivity index (χ4v) is 4.86. The number of fused-ring (bicyclic) bond motifs is 1. The van der Waals surface area contributed by atoms with Gasteiger partial charge in [-0.1, -0.05) is 30.3 Å². The van der Waals surface area contributed by atoms with Gasteiger partial charge >= 0.3 is 5.97 Å². The summed E-state index contributed by atoms with van der Waals surface area (Å²) in [5.74, 6) is -1.22. The lowest BCUT2D eigenvalue weighted by Gasteiger charge is -2.36. The molecule has 3 atom stereocenters. The molecular weight excluding hydrogens is 438 g/mol. The molecule has 4 rings (SSSR count). The topological polar surface area (TPSA) is 91.4 Å². The Kier molecular flexibility index (Phi) is 6.70. The standard InChI is InChI=1S/C26H27NO7/c1-31-15-12-13-16(20(14-15)17-10-7-11-21(32-2)23(17)33-3)22(26(30)34-4)27-24(28)18-8-5-6-9-19(18)25(27)29/h5-11,14-16,22H,12-13H2,1-4H3/t15?,16-,22?/m0/s1. The molecule has 2 aliphatic rings. The summed E-state index contributed by atoms with van der Waals surface area (Å²) in [7, 11) is 5.95. The number of methoxy groups -OCH3 is 4. The minimum Gasteiger partial charge on any atom is -0.493 e. The Hall–Kier alpha value is -3.65. The molecule has 2 amide bonds. The maximum absolute atomic E-state index is 13.3. The smallest absolute Gasteiger partial charge is 0.329 e. The van der Waals surface area contributed by atoms with E-state index in [0.717, 1.165) is 10.5 Å². The van der Waals surface area contributed by atoms with Crippen LogP contribution >= 0.6 is 0 Å². The third kappa shape index (κ3) is 3.84. The minimum atomic E-state index is -1.16. The van der Waals surface area contributed by atoms with E-state index in [1.807, 2.05) is 18.2 Å². The molecule has 1 aliphatic heterocycles. The van der Waals surface area contributed by atoms with E-state index in [9.17, 15) is 14.4 Å². The van der Waals surface area contributed by atoms with Gasteiger partial charge in [-0.25, -0.2) is 4.79 Å². The van der Waals surface area contributed by atoms with Crippen LogP contribution in [0.5, 0.6) is 11.5 Å². The molecule has 1 heterocycles. The van der Waals surface area contributed by atoms with Gasteiger partial charge in [0.25, 0.3) is 11.8 Å². The van der Waals surface area contributed by atoms with Crippen molar-refractivity contribution in [1.29, 1.82) is 0 Å². The van der Waals surface area contributed by atoms with Gasteiger partial charge in [-0.2, -0.15) is 0 Å². The van der Waals surface area contributed by atoms with E-state index >= 15 is 0 Å². The van der Waals surface area contributed by atoms with Crippen molar-refractivity contribution >= 4 is 23.4 Å². The third-order valence-corrected chi connectivity index (χ3v) is 6.47. The maximum Gasteiger partial charge on any atom is 0.329 e. The number of imide groups is 1. The van der Waals surface area contributed by atoms with Gasteiger partial charge in [0.1, 0.15) is 6.04 Å². The number of carbonyl (C=O) groups excluding carboxylic acids is 3. The first-order chi connectivity index (χ1) is 16.5. The number of benzene rings is 2. The summed E-state index contributed by atoms with van der Waals surface area (Å²) in [5.41, 5.74) is 1.97. The van der Waals surface area contributed by atoms with Gasteiger partial charge in [-0.15, -0.1) is 0 Å². The SMILES string of the molecule is COC(=O)C([C@H]1CCC(OC)C=C1c1cccc(OC)c1OC)N1C(=O)c2ccccc2C1=O. The second-order valence-corrected chi connectivity index (χ2v) is 8.11. The molecule has 8 heteroatoms. The molecule has 0 spiro atoms. The zero-order chi connectivity index (χ0) is 24.4. The number of rotatable bonds is 7. The van der Waals surface area contributed by atoms with Crippen LogP contribution in [0, 0.1) is 5.92 Å². The molecule has 2 aromatic rings. The van der Waals surface area contributed by atoms with E-state index in [4.69, 9.17) is 18.9 Å². The number of hydrogen-bond acceptors (Lipinski definition) is 7. The first kappa shape index (κ1) is 23.5. The van der Waals surface area contributed by atoms with Crippen LogP contribution < -0.4 is 9.47 Å². The highest BCUT2D eigenvalue weighted by atomic mass is 16.5. The summed E-state index contributed by atoms with van der Waals surface area (Å²) in [6, 6.07) is 10.9. The number of para-hydroxylation sites is 1. The zero-order valence-corrected chi connectivity index (χ0v) is 19.6. The number of hydrogen-bond donors (Lipinski definition) is 0. The van der Waals surface area contributed by atoms with Crippen LogP contribution in [0.2, 0.25) is 0 Å².